The molecule has 2 aromatic carbocycles. The van der Waals surface area contributed by atoms with Crippen LogP contribution in [0.5, 0.6) is 5.88 Å². The zero-order chi connectivity index (χ0) is 20.9. The van der Waals surface area contributed by atoms with Crippen molar-refractivity contribution in [3.05, 3.63) is 76.9 Å². The fourth-order valence-electron chi connectivity index (χ4n) is 3.40. The van der Waals surface area contributed by atoms with Gasteiger partial charge in [0.25, 0.3) is 0 Å². The van der Waals surface area contributed by atoms with E-state index in [-0.39, 0.29) is 12.4 Å². The fourth-order valence-corrected chi connectivity index (χ4v) is 3.53. The van der Waals surface area contributed by atoms with Gasteiger partial charge in [0.2, 0.25) is 11.8 Å². The summed E-state index contributed by atoms with van der Waals surface area (Å²) in [6.07, 6.45) is 0. The number of para-hydroxylation sites is 1. The Morgan fingerprint density at radius 3 is 2.33 bits per heavy atom. The number of aromatic nitrogens is 2. The van der Waals surface area contributed by atoms with Crippen LogP contribution in [-0.2, 0) is 0 Å². The first kappa shape index (κ1) is 20.2. The minimum atomic E-state index is -0.124. The van der Waals surface area contributed by atoms with Crippen LogP contribution in [0.2, 0.25) is 5.02 Å². The lowest BCUT2D eigenvalue weighted by Crippen LogP contribution is -2.47. The largest absolute Gasteiger partial charge is 0.469 e. The normalized spacial score (nSPS) is 13.9. The third kappa shape index (κ3) is 4.89. The smallest absolute Gasteiger partial charge is 0.228 e. The molecule has 0 N–H and O–H groups in total. The fraction of sp³-hybridized carbons (Fsp3) is 0.261. The zero-order valence-corrected chi connectivity index (χ0v) is 17.5. The van der Waals surface area contributed by atoms with Gasteiger partial charge in [-0.05, 0) is 43.3 Å². The van der Waals surface area contributed by atoms with Gasteiger partial charge < -0.3 is 14.5 Å². The molecule has 0 saturated carbocycles. The third-order valence-electron chi connectivity index (χ3n) is 5.02. The van der Waals surface area contributed by atoms with Crippen LogP contribution in [0.15, 0.2) is 60.7 Å². The van der Waals surface area contributed by atoms with Crippen LogP contribution >= 0.6 is 11.6 Å². The van der Waals surface area contributed by atoms with Gasteiger partial charge >= 0.3 is 0 Å². The van der Waals surface area contributed by atoms with Crippen molar-refractivity contribution in [1.82, 2.24) is 9.97 Å². The van der Waals surface area contributed by atoms with E-state index < -0.39 is 0 Å². The number of benzene rings is 2. The van der Waals surface area contributed by atoms with Crippen molar-refractivity contribution in [2.75, 3.05) is 42.6 Å². The molecule has 6 nitrogen and oxygen atoms in total. The minimum absolute atomic E-state index is 0.0840. The van der Waals surface area contributed by atoms with E-state index in [4.69, 9.17) is 16.3 Å². The molecular weight excluding hydrogens is 400 g/mol. The van der Waals surface area contributed by atoms with E-state index in [0.717, 1.165) is 31.9 Å². The third-order valence-corrected chi connectivity index (χ3v) is 5.27. The van der Waals surface area contributed by atoms with Crippen molar-refractivity contribution in [3.8, 4) is 5.88 Å². The van der Waals surface area contributed by atoms with Gasteiger partial charge in [0.1, 0.15) is 0 Å². The van der Waals surface area contributed by atoms with Gasteiger partial charge in [-0.3, -0.25) is 4.79 Å². The van der Waals surface area contributed by atoms with Crippen molar-refractivity contribution in [2.45, 2.75) is 6.92 Å². The highest BCUT2D eigenvalue weighted by Gasteiger charge is 2.20. The molecule has 1 aliphatic rings. The monoisotopic (exact) mass is 422 g/mol. The maximum atomic E-state index is 12.3. The Bertz CT molecular complexity index is 1000. The van der Waals surface area contributed by atoms with Gasteiger partial charge in [0, 0.05) is 54.2 Å². The number of piperazine rings is 1. The summed E-state index contributed by atoms with van der Waals surface area (Å²) in [7, 11) is 0. The Labute approximate surface area is 181 Å². The Morgan fingerprint density at radius 2 is 1.63 bits per heavy atom. The summed E-state index contributed by atoms with van der Waals surface area (Å²) in [4.78, 5) is 26.0. The van der Waals surface area contributed by atoms with Gasteiger partial charge in [-0.2, -0.15) is 4.98 Å². The van der Waals surface area contributed by atoms with Crippen LogP contribution in [-0.4, -0.2) is 48.5 Å². The molecule has 0 unspecified atom stereocenters. The number of ether oxygens (including phenoxy) is 1. The predicted molar refractivity (Wildman–Crippen MR) is 119 cm³/mol. The van der Waals surface area contributed by atoms with Crippen molar-refractivity contribution >= 4 is 29.0 Å². The van der Waals surface area contributed by atoms with Crippen LogP contribution in [0, 0.1) is 6.92 Å². The Kier molecular flexibility index (Phi) is 6.14. The summed E-state index contributed by atoms with van der Waals surface area (Å²) in [5.41, 5.74) is 2.59. The highest BCUT2D eigenvalue weighted by Crippen LogP contribution is 2.20. The summed E-state index contributed by atoms with van der Waals surface area (Å²) >= 11 is 5.87. The summed E-state index contributed by atoms with van der Waals surface area (Å²) in [5, 5.41) is 0.593. The first-order valence-corrected chi connectivity index (χ1v) is 10.3. The van der Waals surface area contributed by atoms with Gasteiger partial charge in [-0.15, -0.1) is 0 Å². The van der Waals surface area contributed by atoms with E-state index >= 15 is 0 Å². The minimum Gasteiger partial charge on any atom is -0.469 e. The molecule has 7 heteroatoms. The molecule has 3 aromatic rings. The lowest BCUT2D eigenvalue weighted by molar-refractivity contribution is 0.0918. The van der Waals surface area contributed by atoms with E-state index in [1.165, 1.54) is 5.69 Å². The SMILES string of the molecule is Cc1cc(OCC(=O)c2ccc(Cl)cc2)nc(N2CCN(c3ccccc3)CC2)n1. The molecule has 0 bridgehead atoms. The van der Waals surface area contributed by atoms with E-state index in [1.54, 1.807) is 30.3 Å². The number of nitrogens with zero attached hydrogens (tertiary/aromatic N) is 4. The number of ketones is 1. The molecule has 0 radical (unpaired) electrons. The number of hydrogen-bond donors (Lipinski definition) is 0. The van der Waals surface area contributed by atoms with Crippen molar-refractivity contribution in [2.24, 2.45) is 0 Å². The Hall–Kier alpha value is -3.12. The second-order valence-electron chi connectivity index (χ2n) is 7.18. The first-order valence-electron chi connectivity index (χ1n) is 9.91. The van der Waals surface area contributed by atoms with E-state index in [1.807, 2.05) is 13.0 Å². The van der Waals surface area contributed by atoms with Gasteiger partial charge in [0.05, 0.1) is 0 Å². The summed E-state index contributed by atoms with van der Waals surface area (Å²) in [6.45, 7) is 5.25. The quantitative estimate of drug-likeness (QED) is 0.559. The van der Waals surface area contributed by atoms with Crippen LogP contribution < -0.4 is 14.5 Å². The Morgan fingerprint density at radius 1 is 0.967 bits per heavy atom. The molecule has 1 aromatic heterocycles. The molecule has 0 aliphatic carbocycles. The summed E-state index contributed by atoms with van der Waals surface area (Å²) in [5.74, 6) is 0.919. The number of rotatable bonds is 6. The zero-order valence-electron chi connectivity index (χ0n) is 16.8. The number of Topliss-reactive ketones (excluding diaryl/α,β-unsaturated/α-hetero) is 1. The van der Waals surface area contributed by atoms with Crippen molar-refractivity contribution in [3.63, 3.8) is 0 Å². The Balaban J connectivity index is 1.38. The van der Waals surface area contributed by atoms with Gasteiger partial charge in [0.15, 0.2) is 12.4 Å². The van der Waals surface area contributed by atoms with E-state index in [9.17, 15) is 4.79 Å². The van der Waals surface area contributed by atoms with Gasteiger partial charge in [-0.25, -0.2) is 4.98 Å². The maximum Gasteiger partial charge on any atom is 0.228 e. The van der Waals surface area contributed by atoms with Crippen LogP contribution in [0.25, 0.3) is 0 Å². The summed E-state index contributed by atoms with van der Waals surface area (Å²) < 4.78 is 5.68. The molecule has 0 amide bonds. The average molecular weight is 423 g/mol. The number of halogens is 1. The predicted octanol–water partition coefficient (Wildman–Crippen LogP) is 4.03. The molecule has 0 spiro atoms. The van der Waals surface area contributed by atoms with Crippen molar-refractivity contribution < 1.29 is 9.53 Å². The molecule has 154 valence electrons. The van der Waals surface area contributed by atoms with Crippen molar-refractivity contribution in [1.29, 1.82) is 0 Å². The lowest BCUT2D eigenvalue weighted by Gasteiger charge is -2.36. The second kappa shape index (κ2) is 9.13. The molecule has 1 saturated heterocycles. The van der Waals surface area contributed by atoms with Gasteiger partial charge in [-0.1, -0.05) is 29.8 Å². The number of aryl methyl sites for hydroxylation is 1. The molecular formula is C23H23ClN4O2. The molecule has 1 aliphatic heterocycles. The standard InChI is InChI=1S/C23H23ClN4O2/c1-17-15-22(30-16-21(29)18-7-9-19(24)10-8-18)26-23(25-17)28-13-11-27(12-14-28)20-5-3-2-4-6-20/h2-10,15H,11-14,16H2,1H3. The highest BCUT2D eigenvalue weighted by atomic mass is 35.5. The molecule has 0 atom stereocenters. The van der Waals surface area contributed by atoms with E-state index in [0.29, 0.717) is 22.4 Å². The average Bonchev–Trinajstić information content (AvgIpc) is 2.78. The molecule has 30 heavy (non-hydrogen) atoms. The van der Waals surface area contributed by atoms with Crippen LogP contribution in [0.1, 0.15) is 16.1 Å². The maximum absolute atomic E-state index is 12.3. The van der Waals surface area contributed by atoms with Crippen LogP contribution in [0.4, 0.5) is 11.6 Å². The number of anilines is 2. The molecule has 1 fully saturated rings. The molecule has 4 rings (SSSR count). The highest BCUT2D eigenvalue weighted by molar-refractivity contribution is 6.30. The number of hydrogen-bond acceptors (Lipinski definition) is 6. The number of carbonyl (C=O) groups excluding carboxylic acids is 1. The summed E-state index contributed by atoms with van der Waals surface area (Å²) in [6, 6.07) is 18.9. The lowest BCUT2D eigenvalue weighted by atomic mass is 10.1. The molecule has 2 heterocycles. The van der Waals surface area contributed by atoms with E-state index in [2.05, 4.69) is 44.0 Å². The second-order valence-corrected chi connectivity index (χ2v) is 7.61. The topological polar surface area (TPSA) is 58.6 Å². The number of carbonyl (C=O) groups is 1. The first-order chi connectivity index (χ1) is 14.6. The van der Waals surface area contributed by atoms with Crippen LogP contribution in [0.3, 0.4) is 0 Å².